The fourth-order valence-electron chi connectivity index (χ4n) is 3.52. The van der Waals surface area contributed by atoms with Crippen LogP contribution in [0.4, 0.5) is 4.39 Å². The van der Waals surface area contributed by atoms with Crippen LogP contribution in [-0.2, 0) is 16.0 Å². The molecular weight excluding hydrogens is 349 g/mol. The highest BCUT2D eigenvalue weighted by Gasteiger charge is 2.21. The number of methoxy groups -OCH3 is 1. The van der Waals surface area contributed by atoms with E-state index in [-0.39, 0.29) is 23.8 Å². The van der Waals surface area contributed by atoms with Crippen molar-refractivity contribution in [3.8, 4) is 5.69 Å². The standard InChI is InChI=1S/C20H24FN3O3/c1-13(22-15-6-4-3-5-7-15)19-17(12-18(25)27-2)23-24(20(19)26)16-10-8-14(21)9-11-16/h8-11,15,23H,3-7,12H2,1-2H3. The van der Waals surface area contributed by atoms with Crippen LogP contribution in [0.5, 0.6) is 0 Å². The molecule has 0 bridgehead atoms. The van der Waals surface area contributed by atoms with Crippen molar-refractivity contribution in [2.45, 2.75) is 51.5 Å². The lowest BCUT2D eigenvalue weighted by atomic mass is 9.95. The van der Waals surface area contributed by atoms with Gasteiger partial charge in [0.1, 0.15) is 5.82 Å². The second kappa shape index (κ2) is 8.33. The molecule has 3 rings (SSSR count). The number of nitrogens with zero attached hydrogens (tertiary/aromatic N) is 2. The Morgan fingerprint density at radius 1 is 1.26 bits per heavy atom. The highest BCUT2D eigenvalue weighted by Crippen LogP contribution is 2.21. The Hall–Kier alpha value is -2.70. The van der Waals surface area contributed by atoms with Crippen molar-refractivity contribution in [3.63, 3.8) is 0 Å². The first-order valence-corrected chi connectivity index (χ1v) is 9.21. The number of carbonyl (C=O) groups is 1. The zero-order valence-corrected chi connectivity index (χ0v) is 15.6. The number of aromatic amines is 1. The fourth-order valence-corrected chi connectivity index (χ4v) is 3.52. The average Bonchev–Trinajstić information content (AvgIpc) is 2.99. The third-order valence-electron chi connectivity index (χ3n) is 4.91. The molecule has 0 unspecified atom stereocenters. The van der Waals surface area contributed by atoms with E-state index in [0.29, 0.717) is 22.7 Å². The number of nitrogens with one attached hydrogen (secondary N) is 1. The molecule has 27 heavy (non-hydrogen) atoms. The summed E-state index contributed by atoms with van der Waals surface area (Å²) in [5.74, 6) is -0.836. The van der Waals surface area contributed by atoms with Crippen LogP contribution >= 0.6 is 0 Å². The third kappa shape index (κ3) is 4.35. The molecule has 2 aromatic rings. The van der Waals surface area contributed by atoms with Gasteiger partial charge in [-0.2, -0.15) is 0 Å². The van der Waals surface area contributed by atoms with E-state index in [1.165, 1.54) is 42.5 Å². The van der Waals surface area contributed by atoms with E-state index >= 15 is 0 Å². The molecule has 1 saturated carbocycles. The zero-order chi connectivity index (χ0) is 19.4. The lowest BCUT2D eigenvalue weighted by Gasteiger charge is -2.18. The van der Waals surface area contributed by atoms with Gasteiger partial charge in [-0.05, 0) is 44.0 Å². The second-order valence-electron chi connectivity index (χ2n) is 6.84. The SMILES string of the molecule is COC(=O)Cc1[nH]n(-c2ccc(F)cc2)c(=O)c1C(C)=NC1CCCCC1. The number of ether oxygens (including phenoxy) is 1. The van der Waals surface area contributed by atoms with Gasteiger partial charge in [-0.3, -0.25) is 19.7 Å². The number of aromatic nitrogens is 2. The molecule has 1 N–H and O–H groups in total. The molecule has 7 heteroatoms. The molecule has 0 radical (unpaired) electrons. The average molecular weight is 373 g/mol. The van der Waals surface area contributed by atoms with Crippen molar-refractivity contribution in [2.75, 3.05) is 7.11 Å². The number of esters is 1. The van der Waals surface area contributed by atoms with E-state index in [4.69, 9.17) is 9.73 Å². The molecule has 1 heterocycles. The third-order valence-corrected chi connectivity index (χ3v) is 4.91. The van der Waals surface area contributed by atoms with E-state index in [0.717, 1.165) is 25.7 Å². The highest BCUT2D eigenvalue weighted by atomic mass is 19.1. The van der Waals surface area contributed by atoms with Crippen molar-refractivity contribution < 1.29 is 13.9 Å². The minimum Gasteiger partial charge on any atom is -0.469 e. The van der Waals surface area contributed by atoms with Gasteiger partial charge in [0, 0.05) is 5.71 Å². The van der Waals surface area contributed by atoms with Gasteiger partial charge in [0.05, 0.1) is 36.5 Å². The summed E-state index contributed by atoms with van der Waals surface area (Å²) >= 11 is 0. The van der Waals surface area contributed by atoms with Gasteiger partial charge < -0.3 is 4.74 Å². The summed E-state index contributed by atoms with van der Waals surface area (Å²) in [4.78, 5) is 29.6. The molecule has 1 aliphatic carbocycles. The number of aliphatic imine (C=N–C) groups is 1. The van der Waals surface area contributed by atoms with Crippen molar-refractivity contribution in [1.82, 2.24) is 9.78 Å². The number of H-pyrrole nitrogens is 1. The van der Waals surface area contributed by atoms with Crippen LogP contribution in [-0.4, -0.2) is 34.6 Å². The Bertz CT molecular complexity index is 890. The van der Waals surface area contributed by atoms with Gasteiger partial charge in [0.25, 0.3) is 5.56 Å². The van der Waals surface area contributed by atoms with E-state index < -0.39 is 5.97 Å². The van der Waals surface area contributed by atoms with E-state index in [9.17, 15) is 14.0 Å². The molecule has 0 aliphatic heterocycles. The molecule has 1 aliphatic rings. The van der Waals surface area contributed by atoms with Crippen LogP contribution in [0.25, 0.3) is 5.69 Å². The number of hydrogen-bond acceptors (Lipinski definition) is 4. The number of carbonyl (C=O) groups excluding carboxylic acids is 1. The fraction of sp³-hybridized carbons (Fsp3) is 0.450. The molecule has 6 nitrogen and oxygen atoms in total. The summed E-state index contributed by atoms with van der Waals surface area (Å²) in [6.07, 6.45) is 5.47. The van der Waals surface area contributed by atoms with Crippen LogP contribution < -0.4 is 5.56 Å². The van der Waals surface area contributed by atoms with Gasteiger partial charge in [-0.15, -0.1) is 0 Å². The van der Waals surface area contributed by atoms with E-state index in [1.807, 2.05) is 0 Å². The molecule has 0 spiro atoms. The highest BCUT2D eigenvalue weighted by molar-refractivity contribution is 6.00. The Labute approximate surface area is 157 Å². The smallest absolute Gasteiger partial charge is 0.311 e. The van der Waals surface area contributed by atoms with Crippen LogP contribution in [0.2, 0.25) is 0 Å². The van der Waals surface area contributed by atoms with E-state index in [1.54, 1.807) is 6.92 Å². The molecule has 0 saturated heterocycles. The predicted octanol–water partition coefficient (Wildman–Crippen LogP) is 3.16. The monoisotopic (exact) mass is 373 g/mol. The Morgan fingerprint density at radius 2 is 1.93 bits per heavy atom. The van der Waals surface area contributed by atoms with Gasteiger partial charge >= 0.3 is 5.97 Å². The summed E-state index contributed by atoms with van der Waals surface area (Å²) in [6.45, 7) is 1.80. The summed E-state index contributed by atoms with van der Waals surface area (Å²) in [5, 5.41) is 2.97. The quantitative estimate of drug-likeness (QED) is 0.646. The van der Waals surface area contributed by atoms with Gasteiger partial charge in [0.2, 0.25) is 0 Å². The minimum atomic E-state index is -0.450. The maximum Gasteiger partial charge on any atom is 0.311 e. The zero-order valence-electron chi connectivity index (χ0n) is 15.6. The van der Waals surface area contributed by atoms with Crippen molar-refractivity contribution >= 4 is 11.7 Å². The Balaban J connectivity index is 2.04. The van der Waals surface area contributed by atoms with Crippen LogP contribution in [0.3, 0.4) is 0 Å². The number of benzene rings is 1. The first-order valence-electron chi connectivity index (χ1n) is 9.21. The summed E-state index contributed by atoms with van der Waals surface area (Å²) in [6, 6.07) is 5.79. The summed E-state index contributed by atoms with van der Waals surface area (Å²) in [5.41, 5.74) is 1.63. The normalized spacial score (nSPS) is 15.7. The molecule has 1 aromatic heterocycles. The topological polar surface area (TPSA) is 76.5 Å². The van der Waals surface area contributed by atoms with Crippen molar-refractivity contribution in [2.24, 2.45) is 4.99 Å². The number of halogens is 1. The Kier molecular flexibility index (Phi) is 5.88. The van der Waals surface area contributed by atoms with Crippen molar-refractivity contribution in [1.29, 1.82) is 0 Å². The lowest BCUT2D eigenvalue weighted by Crippen LogP contribution is -2.21. The van der Waals surface area contributed by atoms with Gasteiger partial charge in [0.15, 0.2) is 0 Å². The first kappa shape index (κ1) is 19.1. The second-order valence-corrected chi connectivity index (χ2v) is 6.84. The molecule has 1 aromatic carbocycles. The minimum absolute atomic E-state index is 0.0627. The molecule has 0 amide bonds. The predicted molar refractivity (Wildman–Crippen MR) is 101 cm³/mol. The van der Waals surface area contributed by atoms with Crippen LogP contribution in [0, 0.1) is 5.82 Å². The number of rotatable bonds is 5. The van der Waals surface area contributed by atoms with Crippen molar-refractivity contribution in [3.05, 3.63) is 51.7 Å². The first-order chi connectivity index (χ1) is 13.0. The molecule has 144 valence electrons. The molecular formula is C20H24FN3O3. The van der Waals surface area contributed by atoms with Crippen LogP contribution in [0.1, 0.15) is 50.3 Å². The summed E-state index contributed by atoms with van der Waals surface area (Å²) in [7, 11) is 1.31. The van der Waals surface area contributed by atoms with Crippen LogP contribution in [0.15, 0.2) is 34.1 Å². The number of hydrogen-bond donors (Lipinski definition) is 1. The molecule has 1 fully saturated rings. The summed E-state index contributed by atoms with van der Waals surface area (Å²) < 4.78 is 19.3. The van der Waals surface area contributed by atoms with Gasteiger partial charge in [-0.1, -0.05) is 19.3 Å². The lowest BCUT2D eigenvalue weighted by molar-refractivity contribution is -0.139. The Morgan fingerprint density at radius 3 is 2.56 bits per heavy atom. The maximum absolute atomic E-state index is 13.2. The molecule has 0 atom stereocenters. The maximum atomic E-state index is 13.2. The van der Waals surface area contributed by atoms with Gasteiger partial charge in [-0.25, -0.2) is 9.07 Å². The largest absolute Gasteiger partial charge is 0.469 e. The van der Waals surface area contributed by atoms with E-state index in [2.05, 4.69) is 5.10 Å².